The van der Waals surface area contributed by atoms with Gasteiger partial charge in [0.25, 0.3) is 0 Å². The topological polar surface area (TPSA) is 0 Å². The normalized spacial score (nSPS) is 9.42. The Labute approximate surface area is 152 Å². The molecule has 0 atom stereocenters. The molecule has 0 saturated carbocycles. The fraction of sp³-hybridized carbons (Fsp3) is 0. The molecule has 24 heavy (non-hydrogen) atoms. The molecule has 3 aromatic rings. The van der Waals surface area contributed by atoms with Gasteiger partial charge in [-0.25, -0.2) is 0 Å². The third-order valence-electron chi connectivity index (χ3n) is 3.25. The fourth-order valence-electron chi connectivity index (χ4n) is 2.03. The van der Waals surface area contributed by atoms with Crippen molar-refractivity contribution in [2.75, 3.05) is 0 Å². The van der Waals surface area contributed by atoms with Crippen molar-refractivity contribution in [1.29, 1.82) is 0 Å². The Balaban J connectivity index is 1.80. The van der Waals surface area contributed by atoms with Crippen LogP contribution < -0.4 is 0 Å². The lowest BCUT2D eigenvalue weighted by Crippen LogP contribution is -1.80. The summed E-state index contributed by atoms with van der Waals surface area (Å²) < 4.78 is 0. The van der Waals surface area contributed by atoms with Crippen molar-refractivity contribution in [2.24, 2.45) is 0 Å². The van der Waals surface area contributed by atoms with Gasteiger partial charge in [0.1, 0.15) is 0 Å². The van der Waals surface area contributed by atoms with Crippen LogP contribution in [0.5, 0.6) is 0 Å². The van der Waals surface area contributed by atoms with E-state index in [1.165, 1.54) is 0 Å². The first kappa shape index (κ1) is 16.2. The van der Waals surface area contributed by atoms with Gasteiger partial charge in [0.15, 0.2) is 0 Å². The van der Waals surface area contributed by atoms with Crippen LogP contribution in [0.4, 0.5) is 0 Å². The number of halogens is 2. The van der Waals surface area contributed by atoms with Crippen molar-refractivity contribution < 1.29 is 0 Å². The maximum atomic E-state index is 5.87. The van der Waals surface area contributed by atoms with Crippen LogP contribution in [0.2, 0.25) is 10.0 Å². The highest BCUT2D eigenvalue weighted by atomic mass is 35.5. The first-order valence-electron chi connectivity index (χ1n) is 7.34. The van der Waals surface area contributed by atoms with Crippen LogP contribution in [0.3, 0.4) is 0 Å². The van der Waals surface area contributed by atoms with Gasteiger partial charge in [-0.1, -0.05) is 52.9 Å². The molecule has 0 bridgehead atoms. The summed E-state index contributed by atoms with van der Waals surface area (Å²) in [6.07, 6.45) is 0. The maximum Gasteiger partial charge on any atom is 0.0406 e. The van der Waals surface area contributed by atoms with Crippen LogP contribution in [0.1, 0.15) is 22.3 Å². The second kappa shape index (κ2) is 7.76. The summed E-state index contributed by atoms with van der Waals surface area (Å²) in [5.74, 6) is 12.5. The van der Waals surface area contributed by atoms with Gasteiger partial charge in [0.2, 0.25) is 0 Å². The largest absolute Gasteiger partial charge is 0.0843 e. The van der Waals surface area contributed by atoms with E-state index in [1.807, 2.05) is 72.8 Å². The average molecular weight is 347 g/mol. The molecule has 3 aromatic carbocycles. The van der Waals surface area contributed by atoms with Gasteiger partial charge in [-0.15, -0.1) is 0 Å². The van der Waals surface area contributed by atoms with Crippen LogP contribution in [0.15, 0.2) is 72.8 Å². The summed E-state index contributed by atoms with van der Waals surface area (Å²) in [5.41, 5.74) is 3.70. The van der Waals surface area contributed by atoms with Gasteiger partial charge in [-0.2, -0.15) is 0 Å². The zero-order valence-electron chi connectivity index (χ0n) is 12.7. The monoisotopic (exact) mass is 346 g/mol. The molecule has 0 aliphatic heterocycles. The van der Waals surface area contributed by atoms with Crippen LogP contribution >= 0.6 is 23.2 Å². The molecule has 0 amide bonds. The SMILES string of the molecule is Clc1ccc(C#Cc2cccc(C#Cc3ccc(Cl)cc3)c2)cc1. The van der Waals surface area contributed by atoms with Crippen molar-refractivity contribution in [2.45, 2.75) is 0 Å². The Kier molecular flexibility index (Phi) is 5.25. The second-order valence-corrected chi connectivity index (χ2v) is 5.97. The van der Waals surface area contributed by atoms with E-state index in [2.05, 4.69) is 23.7 Å². The molecule has 0 heterocycles. The summed E-state index contributed by atoms with van der Waals surface area (Å²) in [6.45, 7) is 0. The number of rotatable bonds is 0. The van der Waals surface area contributed by atoms with E-state index in [-0.39, 0.29) is 0 Å². The minimum absolute atomic E-state index is 0.708. The Morgan fingerprint density at radius 2 is 0.833 bits per heavy atom. The number of hydrogen-bond acceptors (Lipinski definition) is 0. The molecule has 3 rings (SSSR count). The molecule has 0 N–H and O–H groups in total. The highest BCUT2D eigenvalue weighted by Crippen LogP contribution is 2.10. The highest BCUT2D eigenvalue weighted by Gasteiger charge is 1.92. The van der Waals surface area contributed by atoms with Crippen molar-refractivity contribution in [3.05, 3.63) is 105 Å². The average Bonchev–Trinajstić information content (AvgIpc) is 2.61. The zero-order chi connectivity index (χ0) is 16.8. The first-order chi connectivity index (χ1) is 11.7. The lowest BCUT2D eigenvalue weighted by atomic mass is 10.1. The van der Waals surface area contributed by atoms with Gasteiger partial charge >= 0.3 is 0 Å². The van der Waals surface area contributed by atoms with Crippen molar-refractivity contribution in [1.82, 2.24) is 0 Å². The Morgan fingerprint density at radius 3 is 1.25 bits per heavy atom. The van der Waals surface area contributed by atoms with Gasteiger partial charge in [0, 0.05) is 32.3 Å². The van der Waals surface area contributed by atoms with Crippen LogP contribution in [0.25, 0.3) is 0 Å². The molecule has 0 radical (unpaired) electrons. The van der Waals surface area contributed by atoms with Gasteiger partial charge in [-0.05, 0) is 66.7 Å². The molecule has 0 nitrogen and oxygen atoms in total. The van der Waals surface area contributed by atoms with E-state index in [4.69, 9.17) is 23.2 Å². The number of benzene rings is 3. The van der Waals surface area contributed by atoms with E-state index in [9.17, 15) is 0 Å². The predicted molar refractivity (Wildman–Crippen MR) is 101 cm³/mol. The minimum atomic E-state index is 0.708. The Morgan fingerprint density at radius 1 is 0.458 bits per heavy atom. The molecule has 0 unspecified atom stereocenters. The standard InChI is InChI=1S/C22H12Cl2/c23-21-12-8-17(9-13-21)4-6-19-2-1-3-20(16-19)7-5-18-10-14-22(24)15-11-18/h1-3,8-16H. The van der Waals surface area contributed by atoms with Gasteiger partial charge < -0.3 is 0 Å². The van der Waals surface area contributed by atoms with Crippen molar-refractivity contribution in [3.8, 4) is 23.7 Å². The number of hydrogen-bond donors (Lipinski definition) is 0. The summed E-state index contributed by atoms with van der Waals surface area (Å²) in [4.78, 5) is 0. The minimum Gasteiger partial charge on any atom is -0.0843 e. The first-order valence-corrected chi connectivity index (χ1v) is 8.10. The third kappa shape index (κ3) is 4.68. The van der Waals surface area contributed by atoms with E-state index in [0.29, 0.717) is 10.0 Å². The van der Waals surface area contributed by atoms with Gasteiger partial charge in [0.05, 0.1) is 0 Å². The van der Waals surface area contributed by atoms with Crippen molar-refractivity contribution in [3.63, 3.8) is 0 Å². The Hall–Kier alpha value is -2.64. The molecule has 0 spiro atoms. The zero-order valence-corrected chi connectivity index (χ0v) is 14.2. The predicted octanol–water partition coefficient (Wildman–Crippen LogP) is 5.79. The van der Waals surface area contributed by atoms with Crippen molar-refractivity contribution >= 4 is 23.2 Å². The summed E-state index contributed by atoms with van der Waals surface area (Å²) >= 11 is 11.7. The van der Waals surface area contributed by atoms with Crippen LogP contribution in [-0.2, 0) is 0 Å². The molecule has 0 aromatic heterocycles. The smallest absolute Gasteiger partial charge is 0.0406 e. The second-order valence-electron chi connectivity index (χ2n) is 5.09. The molecule has 0 saturated heterocycles. The molecule has 114 valence electrons. The fourth-order valence-corrected chi connectivity index (χ4v) is 2.28. The quantitative estimate of drug-likeness (QED) is 0.451. The Bertz CT molecular complexity index is 882. The lowest BCUT2D eigenvalue weighted by molar-refractivity contribution is 1.58. The maximum absolute atomic E-state index is 5.87. The molecule has 2 heteroatoms. The third-order valence-corrected chi connectivity index (χ3v) is 3.76. The summed E-state index contributed by atoms with van der Waals surface area (Å²) in [7, 11) is 0. The van der Waals surface area contributed by atoms with E-state index in [1.54, 1.807) is 0 Å². The summed E-state index contributed by atoms with van der Waals surface area (Å²) in [5, 5.41) is 1.42. The van der Waals surface area contributed by atoms with E-state index in [0.717, 1.165) is 22.3 Å². The molecular formula is C22H12Cl2. The molecule has 0 aliphatic rings. The lowest BCUT2D eigenvalue weighted by Gasteiger charge is -1.94. The van der Waals surface area contributed by atoms with Crippen LogP contribution in [0, 0.1) is 23.7 Å². The van der Waals surface area contributed by atoms with E-state index >= 15 is 0 Å². The van der Waals surface area contributed by atoms with Crippen LogP contribution in [-0.4, -0.2) is 0 Å². The summed E-state index contributed by atoms with van der Waals surface area (Å²) in [6, 6.07) is 22.8. The van der Waals surface area contributed by atoms with E-state index < -0.39 is 0 Å². The molecular weight excluding hydrogens is 335 g/mol. The molecule has 0 aliphatic carbocycles. The molecule has 0 fully saturated rings. The highest BCUT2D eigenvalue weighted by molar-refractivity contribution is 6.30. The van der Waals surface area contributed by atoms with Gasteiger partial charge in [-0.3, -0.25) is 0 Å².